The molecule has 0 unspecified atom stereocenters. The van der Waals surface area contributed by atoms with Gasteiger partial charge in [0.25, 0.3) is 5.91 Å². The molecule has 2 aromatic rings. The van der Waals surface area contributed by atoms with Gasteiger partial charge in [-0.1, -0.05) is 12.1 Å². The summed E-state index contributed by atoms with van der Waals surface area (Å²) in [5.74, 6) is -0.983. The average Bonchev–Trinajstić information content (AvgIpc) is 2.58. The Bertz CT molecular complexity index is 878. The van der Waals surface area contributed by atoms with Crippen LogP contribution in [0.1, 0.15) is 53.1 Å². The Balaban J connectivity index is 2.02. The first-order chi connectivity index (χ1) is 12.2. The number of aliphatic hydroxyl groups excluding tert-OH is 1. The molecule has 2 N–H and O–H groups in total. The van der Waals surface area contributed by atoms with E-state index in [4.69, 9.17) is 4.74 Å². The van der Waals surface area contributed by atoms with E-state index in [1.807, 2.05) is 0 Å². The van der Waals surface area contributed by atoms with Crippen molar-refractivity contribution in [2.45, 2.75) is 38.5 Å². The molecule has 5 nitrogen and oxygen atoms in total. The summed E-state index contributed by atoms with van der Waals surface area (Å²) in [5, 5.41) is 13.4. The van der Waals surface area contributed by atoms with Crippen molar-refractivity contribution in [3.8, 4) is 5.75 Å². The number of hydrogen-bond donors (Lipinski definition) is 2. The van der Waals surface area contributed by atoms with E-state index in [-0.39, 0.29) is 11.3 Å². The number of amides is 1. The van der Waals surface area contributed by atoms with Crippen LogP contribution in [0, 0.1) is 5.82 Å². The molecule has 0 spiro atoms. The molecular weight excluding hydrogens is 337 g/mol. The summed E-state index contributed by atoms with van der Waals surface area (Å²) in [7, 11) is 0. The van der Waals surface area contributed by atoms with Gasteiger partial charge in [0, 0.05) is 11.1 Å². The number of hydrogen-bond acceptors (Lipinski definition) is 4. The maximum Gasteiger partial charge on any atom is 0.254 e. The molecule has 0 saturated heterocycles. The van der Waals surface area contributed by atoms with Gasteiger partial charge in [-0.15, -0.1) is 0 Å². The number of fused-ring (bicyclic) bond motifs is 1. The Kier molecular flexibility index (Phi) is 4.54. The van der Waals surface area contributed by atoms with Crippen molar-refractivity contribution in [2.24, 2.45) is 0 Å². The minimum Gasteiger partial charge on any atom is -0.485 e. The molecule has 1 aliphatic rings. The molecule has 0 aromatic heterocycles. The van der Waals surface area contributed by atoms with Crippen LogP contribution in [-0.4, -0.2) is 28.5 Å². The summed E-state index contributed by atoms with van der Waals surface area (Å²) in [6.45, 7) is 4.82. The molecule has 3 rings (SSSR count). The minimum atomic E-state index is -1.09. The summed E-state index contributed by atoms with van der Waals surface area (Å²) < 4.78 is 19.7. The highest BCUT2D eigenvalue weighted by atomic mass is 19.1. The van der Waals surface area contributed by atoms with Crippen molar-refractivity contribution >= 4 is 11.7 Å². The van der Waals surface area contributed by atoms with Gasteiger partial charge in [-0.05, 0) is 51.1 Å². The number of ketones is 1. The molecule has 26 heavy (non-hydrogen) atoms. The molecule has 1 amide bonds. The molecule has 0 bridgehead atoms. The zero-order valence-electron chi connectivity index (χ0n) is 14.7. The highest BCUT2D eigenvalue weighted by Crippen LogP contribution is 2.40. The largest absolute Gasteiger partial charge is 0.485 e. The Morgan fingerprint density at radius 1 is 1.19 bits per heavy atom. The molecule has 2 aromatic carbocycles. The van der Waals surface area contributed by atoms with Crippen LogP contribution >= 0.6 is 0 Å². The molecule has 0 radical (unpaired) electrons. The highest BCUT2D eigenvalue weighted by molar-refractivity contribution is 5.96. The first-order valence-corrected chi connectivity index (χ1v) is 8.28. The van der Waals surface area contributed by atoms with E-state index in [0.717, 1.165) is 0 Å². The van der Waals surface area contributed by atoms with Crippen LogP contribution < -0.4 is 10.1 Å². The molecule has 6 heteroatoms. The van der Waals surface area contributed by atoms with Crippen LogP contribution in [-0.2, 0) is 0 Å². The number of aliphatic hydroxyl groups is 1. The molecular formula is C20H20FNO4. The first kappa shape index (κ1) is 18.1. The zero-order valence-corrected chi connectivity index (χ0v) is 14.7. The number of carbonyl (C=O) groups is 2. The van der Waals surface area contributed by atoms with Crippen molar-refractivity contribution in [1.29, 1.82) is 0 Å². The monoisotopic (exact) mass is 357 g/mol. The third-order valence-corrected chi connectivity index (χ3v) is 4.56. The van der Waals surface area contributed by atoms with Crippen molar-refractivity contribution in [2.75, 3.05) is 0 Å². The molecule has 0 fully saturated rings. The lowest BCUT2D eigenvalue weighted by Crippen LogP contribution is -2.53. The second-order valence-corrected chi connectivity index (χ2v) is 6.89. The molecule has 1 heterocycles. The number of rotatable bonds is 3. The van der Waals surface area contributed by atoms with E-state index in [0.29, 0.717) is 16.9 Å². The topological polar surface area (TPSA) is 75.6 Å². The van der Waals surface area contributed by atoms with Crippen LogP contribution in [0.3, 0.4) is 0 Å². The highest BCUT2D eigenvalue weighted by Gasteiger charge is 2.44. The van der Waals surface area contributed by atoms with Gasteiger partial charge in [0.2, 0.25) is 0 Å². The summed E-state index contributed by atoms with van der Waals surface area (Å²) in [6.07, 6.45) is -1.09. The third kappa shape index (κ3) is 3.20. The summed E-state index contributed by atoms with van der Waals surface area (Å²) >= 11 is 0. The average molecular weight is 357 g/mol. The lowest BCUT2D eigenvalue weighted by atomic mass is 9.85. The van der Waals surface area contributed by atoms with Crippen LogP contribution in [0.5, 0.6) is 5.75 Å². The molecule has 0 aliphatic carbocycles. The maximum absolute atomic E-state index is 13.9. The smallest absolute Gasteiger partial charge is 0.254 e. The van der Waals surface area contributed by atoms with E-state index in [1.54, 1.807) is 38.1 Å². The van der Waals surface area contributed by atoms with E-state index in [9.17, 15) is 19.1 Å². The second-order valence-electron chi connectivity index (χ2n) is 6.89. The van der Waals surface area contributed by atoms with E-state index in [1.165, 1.54) is 25.1 Å². The Hall–Kier alpha value is -2.73. The Labute approximate surface area is 150 Å². The SMILES string of the molecule is CC(=O)c1ccc2c(c1)[C@H](NC(=O)c1ccccc1F)[C@H](O)C(C)(C)O2. The number of halogens is 1. The standard InChI is InChI=1S/C20H20FNO4/c1-11(23)12-8-9-16-14(10-12)17(18(24)20(2,3)26-16)22-19(25)13-6-4-5-7-15(13)21/h4-10,17-18,24H,1-3H3,(H,22,25)/t17-,18-/m0/s1. The van der Waals surface area contributed by atoms with Gasteiger partial charge in [-0.25, -0.2) is 4.39 Å². The van der Waals surface area contributed by atoms with Crippen LogP contribution in [0.25, 0.3) is 0 Å². The zero-order chi connectivity index (χ0) is 19.1. The summed E-state index contributed by atoms with van der Waals surface area (Å²) in [6, 6.07) is 9.63. The third-order valence-electron chi connectivity index (χ3n) is 4.56. The fraction of sp³-hybridized carbons (Fsp3) is 0.300. The van der Waals surface area contributed by atoms with Gasteiger partial charge in [0.05, 0.1) is 11.6 Å². The number of carbonyl (C=O) groups excluding carboxylic acids is 2. The summed E-state index contributed by atoms with van der Waals surface area (Å²) in [5.41, 5.74) is -0.176. The van der Waals surface area contributed by atoms with E-state index < -0.39 is 29.5 Å². The molecule has 2 atom stereocenters. The fourth-order valence-electron chi connectivity index (χ4n) is 3.04. The quantitative estimate of drug-likeness (QED) is 0.828. The van der Waals surface area contributed by atoms with Crippen molar-refractivity contribution in [3.05, 3.63) is 65.0 Å². The van der Waals surface area contributed by atoms with Gasteiger partial charge in [0.1, 0.15) is 23.3 Å². The molecule has 1 aliphatic heterocycles. The number of benzene rings is 2. The lowest BCUT2D eigenvalue weighted by Gasteiger charge is -2.42. The van der Waals surface area contributed by atoms with Gasteiger partial charge in [-0.2, -0.15) is 0 Å². The molecule has 0 saturated carbocycles. The van der Waals surface area contributed by atoms with E-state index >= 15 is 0 Å². The number of ether oxygens (including phenoxy) is 1. The Morgan fingerprint density at radius 2 is 1.88 bits per heavy atom. The normalized spacial score (nSPS) is 20.7. The van der Waals surface area contributed by atoms with Crippen molar-refractivity contribution in [3.63, 3.8) is 0 Å². The number of nitrogens with one attached hydrogen (secondary N) is 1. The number of Topliss-reactive ketones (excluding diaryl/α,β-unsaturated/α-hetero) is 1. The second kappa shape index (κ2) is 6.53. The predicted octanol–water partition coefficient (Wildman–Crippen LogP) is 3.03. The fourth-order valence-corrected chi connectivity index (χ4v) is 3.04. The predicted molar refractivity (Wildman–Crippen MR) is 93.8 cm³/mol. The Morgan fingerprint density at radius 3 is 2.54 bits per heavy atom. The maximum atomic E-state index is 13.9. The first-order valence-electron chi connectivity index (χ1n) is 8.28. The van der Waals surface area contributed by atoms with Gasteiger partial charge < -0.3 is 15.2 Å². The summed E-state index contributed by atoms with van der Waals surface area (Å²) in [4.78, 5) is 24.2. The van der Waals surface area contributed by atoms with Crippen LogP contribution in [0.2, 0.25) is 0 Å². The van der Waals surface area contributed by atoms with Crippen molar-refractivity contribution < 1.29 is 23.8 Å². The van der Waals surface area contributed by atoms with Gasteiger partial charge in [0.15, 0.2) is 5.78 Å². The van der Waals surface area contributed by atoms with E-state index in [2.05, 4.69) is 5.32 Å². The lowest BCUT2D eigenvalue weighted by molar-refractivity contribution is -0.0627. The van der Waals surface area contributed by atoms with Gasteiger partial charge >= 0.3 is 0 Å². The van der Waals surface area contributed by atoms with Crippen LogP contribution in [0.4, 0.5) is 4.39 Å². The van der Waals surface area contributed by atoms with Crippen LogP contribution in [0.15, 0.2) is 42.5 Å². The van der Waals surface area contributed by atoms with Crippen molar-refractivity contribution in [1.82, 2.24) is 5.32 Å². The van der Waals surface area contributed by atoms with Gasteiger partial charge in [-0.3, -0.25) is 9.59 Å². The minimum absolute atomic E-state index is 0.117. The molecule has 136 valence electrons.